The molecule has 0 spiro atoms. The normalized spacial score (nSPS) is 11.8. The minimum atomic E-state index is -0.489. The standard InChI is InChI=1S/C21H15Cl2N3O4S/c1-29-16-6-4-12(9-17(16)30-2)8-15-19(27)24-21-26(25-15)20(28)18(31-21)10-11-3-5-13(22)14(23)7-11/h3-7,9-10H,8H2,1-2H3/b18-10-. The quantitative estimate of drug-likeness (QED) is 0.441. The number of rotatable bonds is 5. The lowest BCUT2D eigenvalue weighted by atomic mass is 10.1. The summed E-state index contributed by atoms with van der Waals surface area (Å²) in [5, 5.41) is 5.07. The van der Waals surface area contributed by atoms with Gasteiger partial charge in [0, 0.05) is 6.42 Å². The molecule has 0 fully saturated rings. The van der Waals surface area contributed by atoms with Crippen LogP contribution in [0.4, 0.5) is 0 Å². The Kier molecular flexibility index (Phi) is 5.95. The average molecular weight is 476 g/mol. The summed E-state index contributed by atoms with van der Waals surface area (Å²) in [4.78, 5) is 29.6. The molecule has 4 rings (SSSR count). The molecule has 0 aliphatic heterocycles. The Balaban J connectivity index is 1.76. The average Bonchev–Trinajstić information content (AvgIpc) is 3.05. The van der Waals surface area contributed by atoms with Crippen molar-refractivity contribution in [1.82, 2.24) is 14.6 Å². The van der Waals surface area contributed by atoms with Crippen LogP contribution in [-0.2, 0) is 6.42 Å². The SMILES string of the molecule is COc1ccc(Cc2nn3c(=O)/c(=C/c4ccc(Cl)c(Cl)c4)sc3nc2=O)cc1OC. The van der Waals surface area contributed by atoms with E-state index in [1.54, 1.807) is 49.6 Å². The van der Waals surface area contributed by atoms with Crippen LogP contribution in [0.2, 0.25) is 10.0 Å². The first-order chi connectivity index (χ1) is 14.9. The zero-order valence-corrected chi connectivity index (χ0v) is 18.7. The van der Waals surface area contributed by atoms with Gasteiger partial charge >= 0.3 is 0 Å². The van der Waals surface area contributed by atoms with Gasteiger partial charge in [0.05, 0.1) is 28.8 Å². The van der Waals surface area contributed by atoms with Crippen molar-refractivity contribution in [2.24, 2.45) is 0 Å². The summed E-state index contributed by atoms with van der Waals surface area (Å²) >= 11 is 13.1. The molecule has 158 valence electrons. The lowest BCUT2D eigenvalue weighted by Gasteiger charge is -2.09. The van der Waals surface area contributed by atoms with Crippen LogP contribution < -0.4 is 25.1 Å². The molecule has 10 heteroatoms. The second kappa shape index (κ2) is 8.66. The van der Waals surface area contributed by atoms with Gasteiger partial charge in [0.15, 0.2) is 11.5 Å². The molecule has 0 N–H and O–H groups in total. The molecule has 2 heterocycles. The first-order valence-electron chi connectivity index (χ1n) is 9.00. The van der Waals surface area contributed by atoms with Crippen LogP contribution in [0.15, 0.2) is 46.0 Å². The van der Waals surface area contributed by atoms with Crippen LogP contribution in [0.3, 0.4) is 0 Å². The van der Waals surface area contributed by atoms with Gasteiger partial charge < -0.3 is 9.47 Å². The molecule has 7 nitrogen and oxygen atoms in total. The maximum atomic E-state index is 12.8. The zero-order valence-electron chi connectivity index (χ0n) is 16.4. The second-order valence-corrected chi connectivity index (χ2v) is 8.34. The number of halogens is 2. The maximum absolute atomic E-state index is 12.8. The Labute approximate surface area is 190 Å². The summed E-state index contributed by atoms with van der Waals surface area (Å²) in [5.41, 5.74) is 0.769. The van der Waals surface area contributed by atoms with Crippen molar-refractivity contribution in [3.63, 3.8) is 0 Å². The van der Waals surface area contributed by atoms with Crippen molar-refractivity contribution < 1.29 is 9.47 Å². The summed E-state index contributed by atoms with van der Waals surface area (Å²) in [6.07, 6.45) is 1.85. The molecule has 0 aliphatic rings. The predicted molar refractivity (Wildman–Crippen MR) is 121 cm³/mol. The van der Waals surface area contributed by atoms with E-state index >= 15 is 0 Å². The molecule has 2 aromatic heterocycles. The number of ether oxygens (including phenoxy) is 2. The fraction of sp³-hybridized carbons (Fsp3) is 0.143. The van der Waals surface area contributed by atoms with Gasteiger partial charge in [-0.25, -0.2) is 0 Å². The third kappa shape index (κ3) is 4.27. The third-order valence-electron chi connectivity index (χ3n) is 4.51. The van der Waals surface area contributed by atoms with Crippen molar-refractivity contribution in [1.29, 1.82) is 0 Å². The van der Waals surface area contributed by atoms with E-state index in [9.17, 15) is 9.59 Å². The van der Waals surface area contributed by atoms with Crippen molar-refractivity contribution in [2.45, 2.75) is 6.42 Å². The fourth-order valence-corrected chi connectivity index (χ4v) is 4.20. The predicted octanol–water partition coefficient (Wildman–Crippen LogP) is 2.97. The molecule has 2 aromatic carbocycles. The highest BCUT2D eigenvalue weighted by atomic mass is 35.5. The Morgan fingerprint density at radius 2 is 1.81 bits per heavy atom. The first kappa shape index (κ1) is 21.3. The van der Waals surface area contributed by atoms with E-state index in [-0.39, 0.29) is 22.6 Å². The van der Waals surface area contributed by atoms with E-state index < -0.39 is 5.56 Å². The number of fused-ring (bicyclic) bond motifs is 1. The molecule has 31 heavy (non-hydrogen) atoms. The summed E-state index contributed by atoms with van der Waals surface area (Å²) < 4.78 is 12.0. The second-order valence-electron chi connectivity index (χ2n) is 6.51. The van der Waals surface area contributed by atoms with Crippen molar-refractivity contribution >= 4 is 45.6 Å². The molecule has 0 atom stereocenters. The van der Waals surface area contributed by atoms with Gasteiger partial charge in [-0.05, 0) is 41.5 Å². The summed E-state index contributed by atoms with van der Waals surface area (Å²) in [7, 11) is 3.07. The van der Waals surface area contributed by atoms with Crippen molar-refractivity contribution in [3.05, 3.63) is 88.5 Å². The van der Waals surface area contributed by atoms with Crippen LogP contribution in [-0.4, -0.2) is 28.8 Å². The van der Waals surface area contributed by atoms with E-state index in [4.69, 9.17) is 32.7 Å². The lowest BCUT2D eigenvalue weighted by Crippen LogP contribution is -2.28. The highest BCUT2D eigenvalue weighted by Gasteiger charge is 2.13. The first-order valence-corrected chi connectivity index (χ1v) is 10.6. The van der Waals surface area contributed by atoms with Crippen LogP contribution in [0.1, 0.15) is 16.8 Å². The molecule has 0 aliphatic carbocycles. The van der Waals surface area contributed by atoms with Gasteiger partial charge in [-0.15, -0.1) is 0 Å². The largest absolute Gasteiger partial charge is 0.493 e. The monoisotopic (exact) mass is 475 g/mol. The van der Waals surface area contributed by atoms with E-state index in [0.29, 0.717) is 31.6 Å². The highest BCUT2D eigenvalue weighted by molar-refractivity contribution is 7.15. The molecule has 0 saturated heterocycles. The Bertz CT molecular complexity index is 1470. The number of hydrogen-bond acceptors (Lipinski definition) is 7. The Morgan fingerprint density at radius 3 is 2.52 bits per heavy atom. The highest BCUT2D eigenvalue weighted by Crippen LogP contribution is 2.28. The van der Waals surface area contributed by atoms with Gasteiger partial charge in [0.25, 0.3) is 11.1 Å². The molecular formula is C21H15Cl2N3O4S. The molecule has 0 bridgehead atoms. The number of nitrogens with zero attached hydrogens (tertiary/aromatic N) is 3. The van der Waals surface area contributed by atoms with E-state index in [1.807, 2.05) is 0 Å². The minimum Gasteiger partial charge on any atom is -0.493 e. The zero-order chi connectivity index (χ0) is 22.1. The number of aromatic nitrogens is 3. The number of benzene rings is 2. The Morgan fingerprint density at radius 1 is 1.03 bits per heavy atom. The smallest absolute Gasteiger partial charge is 0.296 e. The van der Waals surface area contributed by atoms with Gasteiger partial charge in [0.1, 0.15) is 5.69 Å². The third-order valence-corrected chi connectivity index (χ3v) is 6.21. The van der Waals surface area contributed by atoms with E-state index in [2.05, 4.69) is 10.1 Å². The van der Waals surface area contributed by atoms with E-state index in [0.717, 1.165) is 21.4 Å². The molecule has 0 saturated carbocycles. The van der Waals surface area contributed by atoms with Crippen LogP contribution in [0.25, 0.3) is 11.0 Å². The molecule has 4 aromatic rings. The number of thiazole rings is 1. The van der Waals surface area contributed by atoms with Gasteiger partial charge in [-0.2, -0.15) is 14.6 Å². The summed E-state index contributed by atoms with van der Waals surface area (Å²) in [6, 6.07) is 10.3. The van der Waals surface area contributed by atoms with Crippen LogP contribution >= 0.6 is 34.5 Å². The topological polar surface area (TPSA) is 82.8 Å². The summed E-state index contributed by atoms with van der Waals surface area (Å²) in [5.74, 6) is 1.11. The maximum Gasteiger partial charge on any atom is 0.296 e. The van der Waals surface area contributed by atoms with Gasteiger partial charge in [-0.3, -0.25) is 9.59 Å². The molecular weight excluding hydrogens is 461 g/mol. The fourth-order valence-electron chi connectivity index (χ4n) is 2.99. The number of methoxy groups -OCH3 is 2. The summed E-state index contributed by atoms with van der Waals surface area (Å²) in [6.45, 7) is 0. The molecule has 0 amide bonds. The van der Waals surface area contributed by atoms with Crippen LogP contribution in [0.5, 0.6) is 11.5 Å². The number of hydrogen-bond donors (Lipinski definition) is 0. The lowest BCUT2D eigenvalue weighted by molar-refractivity contribution is 0.354. The molecule has 0 unspecified atom stereocenters. The van der Waals surface area contributed by atoms with E-state index in [1.165, 1.54) is 7.11 Å². The van der Waals surface area contributed by atoms with Crippen molar-refractivity contribution in [3.8, 4) is 11.5 Å². The van der Waals surface area contributed by atoms with Gasteiger partial charge in [-0.1, -0.05) is 46.7 Å². The van der Waals surface area contributed by atoms with Crippen molar-refractivity contribution in [2.75, 3.05) is 14.2 Å². The van der Waals surface area contributed by atoms with Crippen LogP contribution in [0, 0.1) is 0 Å². The molecule has 0 radical (unpaired) electrons. The minimum absolute atomic E-state index is 0.153. The van der Waals surface area contributed by atoms with Gasteiger partial charge in [0.2, 0.25) is 4.96 Å². The Hall–Kier alpha value is -2.94.